The van der Waals surface area contributed by atoms with Crippen molar-refractivity contribution in [1.82, 2.24) is 0 Å². The minimum Gasteiger partial charge on any atom is -0.0683 e. The van der Waals surface area contributed by atoms with Crippen LogP contribution in [0.2, 0.25) is 0 Å². The average molecular weight is 526 g/mol. The van der Waals surface area contributed by atoms with Crippen LogP contribution >= 0.6 is 37.2 Å². The molecule has 0 unspecified atom stereocenters. The second-order valence-electron chi connectivity index (χ2n) is 4.62. The Kier molecular flexibility index (Phi) is 42.6. The Labute approximate surface area is 161 Å². The zero-order valence-electron chi connectivity index (χ0n) is 16.3. The lowest BCUT2D eigenvalue weighted by molar-refractivity contribution is 0.124. The summed E-state index contributed by atoms with van der Waals surface area (Å²) in [6.45, 7) is 16.0. The van der Waals surface area contributed by atoms with Crippen molar-refractivity contribution >= 4 is 37.2 Å². The summed E-state index contributed by atoms with van der Waals surface area (Å²) in [5, 5.41) is 0. The van der Waals surface area contributed by atoms with Crippen LogP contribution in [0.4, 0.5) is 0 Å². The smallest absolute Gasteiger partial charge is 0 e. The Morgan fingerprint density at radius 1 is 0.429 bits per heavy atom. The Hall–Kier alpha value is 1.46. The molecule has 2 rings (SSSR count). The van der Waals surface area contributed by atoms with Gasteiger partial charge in [-0.1, -0.05) is 93.9 Å². The van der Waals surface area contributed by atoms with Crippen molar-refractivity contribution in [2.45, 2.75) is 120 Å². The molecule has 0 N–H and O–H groups in total. The first-order chi connectivity index (χ1) is 10.4. The standard InChI is InChI=1S/C11H20.4C2H6.I2/c1-3-7-11(8-4-1)9-5-2-6-10-11;5*1-2/h1-10H2;4*1-2H3;. The molecule has 2 aliphatic rings. The maximum absolute atomic E-state index is 2.12. The molecular formula is C19H44I2. The van der Waals surface area contributed by atoms with E-state index < -0.39 is 0 Å². The summed E-state index contributed by atoms with van der Waals surface area (Å²) in [5.74, 6) is 0. The third-order valence-electron chi connectivity index (χ3n) is 3.83. The lowest BCUT2D eigenvalue weighted by Crippen LogP contribution is -2.26. The predicted molar refractivity (Wildman–Crippen MR) is 122 cm³/mol. The molecule has 0 saturated heterocycles. The molecule has 21 heavy (non-hydrogen) atoms. The minimum atomic E-state index is 0.858. The zero-order chi connectivity index (χ0) is 17.6. The molecular weight excluding hydrogens is 482 g/mol. The van der Waals surface area contributed by atoms with Crippen LogP contribution in [0, 0.1) is 5.41 Å². The highest BCUT2D eigenvalue weighted by Gasteiger charge is 2.32. The minimum absolute atomic E-state index is 0.858. The molecule has 2 saturated carbocycles. The Balaban J connectivity index is -0.000000124. The van der Waals surface area contributed by atoms with Crippen LogP contribution in [0.3, 0.4) is 0 Å². The largest absolute Gasteiger partial charge is 0.0683 e. The molecule has 0 aromatic rings. The fraction of sp³-hybridized carbons (Fsp3) is 1.00. The van der Waals surface area contributed by atoms with Crippen LogP contribution in [0.25, 0.3) is 0 Å². The highest BCUT2D eigenvalue weighted by molar-refractivity contribution is 15.0. The molecule has 0 aliphatic heterocycles. The summed E-state index contributed by atoms with van der Waals surface area (Å²) in [4.78, 5) is 0. The van der Waals surface area contributed by atoms with Crippen molar-refractivity contribution < 1.29 is 0 Å². The van der Waals surface area contributed by atoms with Crippen LogP contribution in [-0.4, -0.2) is 0 Å². The fourth-order valence-corrected chi connectivity index (χ4v) is 3.10. The van der Waals surface area contributed by atoms with E-state index in [2.05, 4.69) is 37.2 Å². The second-order valence-corrected chi connectivity index (χ2v) is 4.62. The van der Waals surface area contributed by atoms with E-state index >= 15 is 0 Å². The van der Waals surface area contributed by atoms with Gasteiger partial charge in [-0.05, 0) is 31.1 Å². The Morgan fingerprint density at radius 2 is 0.619 bits per heavy atom. The van der Waals surface area contributed by atoms with Crippen molar-refractivity contribution in [3.05, 3.63) is 0 Å². The van der Waals surface area contributed by atoms with Gasteiger partial charge in [0.25, 0.3) is 0 Å². The van der Waals surface area contributed by atoms with Gasteiger partial charge in [-0.3, -0.25) is 0 Å². The van der Waals surface area contributed by atoms with E-state index in [0.717, 1.165) is 5.41 Å². The number of halogens is 2. The van der Waals surface area contributed by atoms with E-state index in [1.807, 2.05) is 55.4 Å². The van der Waals surface area contributed by atoms with E-state index in [1.54, 1.807) is 25.7 Å². The molecule has 0 aromatic heterocycles. The topological polar surface area (TPSA) is 0 Å². The van der Waals surface area contributed by atoms with Crippen LogP contribution in [-0.2, 0) is 0 Å². The summed E-state index contributed by atoms with van der Waals surface area (Å²) in [6, 6.07) is 0. The van der Waals surface area contributed by atoms with Crippen molar-refractivity contribution in [2.24, 2.45) is 5.41 Å². The van der Waals surface area contributed by atoms with Gasteiger partial charge < -0.3 is 0 Å². The lowest BCUT2D eigenvalue weighted by Gasteiger charge is -2.40. The van der Waals surface area contributed by atoms with Crippen LogP contribution in [0.15, 0.2) is 0 Å². The molecule has 2 aliphatic carbocycles. The number of rotatable bonds is 0. The van der Waals surface area contributed by atoms with E-state index in [4.69, 9.17) is 0 Å². The second kappa shape index (κ2) is 29.5. The SMILES string of the molecule is C1CCC2(CC1)CCCCC2.CC.CC.CC.CC.II. The first-order valence-electron chi connectivity index (χ1n) is 9.56. The Morgan fingerprint density at radius 3 is 0.810 bits per heavy atom. The molecule has 0 heterocycles. The van der Waals surface area contributed by atoms with Crippen LogP contribution in [0.1, 0.15) is 120 Å². The third-order valence-corrected chi connectivity index (χ3v) is 3.83. The van der Waals surface area contributed by atoms with Crippen LogP contribution < -0.4 is 0 Å². The first-order valence-corrected chi connectivity index (χ1v) is 15.8. The summed E-state index contributed by atoms with van der Waals surface area (Å²) in [5.41, 5.74) is 0.858. The molecule has 0 bridgehead atoms. The van der Waals surface area contributed by atoms with Crippen LogP contribution in [0.5, 0.6) is 0 Å². The molecule has 0 nitrogen and oxygen atoms in total. The summed E-state index contributed by atoms with van der Waals surface area (Å²) in [6.07, 6.45) is 15.4. The maximum Gasteiger partial charge on any atom is 0 e. The van der Waals surface area contributed by atoms with Gasteiger partial charge in [0, 0.05) is 37.2 Å². The fourth-order valence-electron chi connectivity index (χ4n) is 3.10. The van der Waals surface area contributed by atoms with Gasteiger partial charge in [0.1, 0.15) is 0 Å². The molecule has 1 spiro atoms. The van der Waals surface area contributed by atoms with Gasteiger partial charge in [0.15, 0.2) is 0 Å². The van der Waals surface area contributed by atoms with Crippen molar-refractivity contribution in [1.29, 1.82) is 0 Å². The maximum atomic E-state index is 2.12. The van der Waals surface area contributed by atoms with E-state index in [9.17, 15) is 0 Å². The predicted octanol–water partition coefficient (Wildman–Crippen LogP) is 9.78. The van der Waals surface area contributed by atoms with Crippen molar-refractivity contribution in [3.8, 4) is 0 Å². The molecule has 0 atom stereocenters. The van der Waals surface area contributed by atoms with Gasteiger partial charge in [-0.25, -0.2) is 0 Å². The number of hydrogen-bond acceptors (Lipinski definition) is 0. The quantitative estimate of drug-likeness (QED) is 0.276. The highest BCUT2D eigenvalue weighted by Crippen LogP contribution is 2.47. The molecule has 134 valence electrons. The van der Waals surface area contributed by atoms with E-state index in [0.29, 0.717) is 0 Å². The van der Waals surface area contributed by atoms with E-state index in [-0.39, 0.29) is 0 Å². The number of hydrogen-bond donors (Lipinski definition) is 0. The summed E-state index contributed by atoms with van der Waals surface area (Å²) >= 11 is 4.24. The van der Waals surface area contributed by atoms with Gasteiger partial charge in [-0.2, -0.15) is 0 Å². The summed E-state index contributed by atoms with van der Waals surface area (Å²) < 4.78 is 0. The van der Waals surface area contributed by atoms with Gasteiger partial charge in [-0.15, -0.1) is 0 Å². The lowest BCUT2D eigenvalue weighted by atomic mass is 9.65. The summed E-state index contributed by atoms with van der Waals surface area (Å²) in [7, 11) is 0. The monoisotopic (exact) mass is 526 g/mol. The zero-order valence-corrected chi connectivity index (χ0v) is 20.6. The van der Waals surface area contributed by atoms with Gasteiger partial charge >= 0.3 is 0 Å². The molecule has 0 aromatic carbocycles. The Bertz CT molecular complexity index is 104. The normalized spacial score (nSPS) is 17.4. The highest BCUT2D eigenvalue weighted by atomic mass is 128. The van der Waals surface area contributed by atoms with Gasteiger partial charge in [0.2, 0.25) is 0 Å². The van der Waals surface area contributed by atoms with Gasteiger partial charge in [0.05, 0.1) is 0 Å². The van der Waals surface area contributed by atoms with Crippen molar-refractivity contribution in [2.75, 3.05) is 0 Å². The molecule has 2 heteroatoms. The van der Waals surface area contributed by atoms with E-state index in [1.165, 1.54) is 38.5 Å². The molecule has 0 amide bonds. The molecule has 0 radical (unpaired) electrons. The van der Waals surface area contributed by atoms with Crippen molar-refractivity contribution in [3.63, 3.8) is 0 Å². The first kappa shape index (κ1) is 30.4. The average Bonchev–Trinajstić information content (AvgIpc) is 2.65. The third kappa shape index (κ3) is 17.6. The molecule has 2 fully saturated rings.